The summed E-state index contributed by atoms with van der Waals surface area (Å²) in [5.74, 6) is -0.257. The molecule has 2 heterocycles. The highest BCUT2D eigenvalue weighted by Crippen LogP contribution is 2.16. The number of hydrogen-bond donors (Lipinski definition) is 1. The third kappa shape index (κ3) is 2.24. The third-order valence-corrected chi connectivity index (χ3v) is 2.67. The van der Waals surface area contributed by atoms with Crippen molar-refractivity contribution in [1.29, 1.82) is 5.26 Å². The number of nitrogens with zero attached hydrogens (tertiary/aromatic N) is 2. The molecule has 0 fully saturated rings. The lowest BCUT2D eigenvalue weighted by molar-refractivity contribution is 0.102. The molecule has 0 unspecified atom stereocenters. The summed E-state index contributed by atoms with van der Waals surface area (Å²) in [6.45, 7) is 0. The molecule has 78 valence electrons. The van der Waals surface area contributed by atoms with Crippen molar-refractivity contribution in [2.75, 3.05) is 5.32 Å². The van der Waals surface area contributed by atoms with Crippen LogP contribution < -0.4 is 5.32 Å². The molecule has 0 aromatic carbocycles. The molecule has 5 heteroatoms. The van der Waals surface area contributed by atoms with Gasteiger partial charge in [-0.05, 0) is 23.6 Å². The summed E-state index contributed by atoms with van der Waals surface area (Å²) in [5.41, 5.74) is 0.756. The van der Waals surface area contributed by atoms with Crippen LogP contribution in [0.25, 0.3) is 0 Å². The molecule has 0 spiro atoms. The maximum absolute atomic E-state index is 11.7. The second kappa shape index (κ2) is 4.55. The molecule has 0 aliphatic rings. The lowest BCUT2D eigenvalue weighted by atomic mass is 10.2. The van der Waals surface area contributed by atoms with Crippen LogP contribution in [0.15, 0.2) is 36.0 Å². The van der Waals surface area contributed by atoms with Crippen LogP contribution in [0.1, 0.15) is 15.9 Å². The van der Waals surface area contributed by atoms with Gasteiger partial charge in [0.2, 0.25) is 0 Å². The lowest BCUT2D eigenvalue weighted by Crippen LogP contribution is -2.11. The average molecular weight is 229 g/mol. The fourth-order valence-corrected chi connectivity index (χ4v) is 1.77. The number of amides is 1. The summed E-state index contributed by atoms with van der Waals surface area (Å²) in [6.07, 6.45) is 2.85. The Bertz CT molecular complexity index is 543. The van der Waals surface area contributed by atoms with E-state index in [0.717, 1.165) is 5.00 Å². The average Bonchev–Trinajstić information content (AvgIpc) is 2.82. The van der Waals surface area contributed by atoms with Crippen molar-refractivity contribution in [1.82, 2.24) is 4.98 Å². The first-order valence-electron chi connectivity index (χ1n) is 4.49. The molecule has 0 atom stereocenters. The molecule has 2 aromatic rings. The number of aromatic nitrogens is 1. The molecule has 0 bridgehead atoms. The molecule has 0 radical (unpaired) electrons. The van der Waals surface area contributed by atoms with Gasteiger partial charge in [0.1, 0.15) is 6.07 Å². The van der Waals surface area contributed by atoms with E-state index in [-0.39, 0.29) is 5.91 Å². The van der Waals surface area contributed by atoms with Gasteiger partial charge in [-0.2, -0.15) is 5.26 Å². The minimum Gasteiger partial charge on any atom is -0.314 e. The van der Waals surface area contributed by atoms with Crippen molar-refractivity contribution in [2.45, 2.75) is 0 Å². The van der Waals surface area contributed by atoms with Crippen LogP contribution in [-0.4, -0.2) is 10.9 Å². The van der Waals surface area contributed by atoms with Crippen molar-refractivity contribution in [3.05, 3.63) is 47.1 Å². The molecule has 1 amide bonds. The van der Waals surface area contributed by atoms with E-state index >= 15 is 0 Å². The van der Waals surface area contributed by atoms with Gasteiger partial charge in [0.05, 0.1) is 16.1 Å². The minimum absolute atomic E-state index is 0.257. The third-order valence-electron chi connectivity index (χ3n) is 1.89. The standard InChI is InChI=1S/C11H7N3OS/c12-5-8-4-9(7-13-6-8)11(15)14-10-2-1-3-16-10/h1-4,6-7H,(H,14,15). The SMILES string of the molecule is N#Cc1cncc(C(=O)Nc2cccs2)c1. The number of pyridine rings is 1. The Labute approximate surface area is 96.2 Å². The number of thiophene rings is 1. The zero-order valence-corrected chi connectivity index (χ0v) is 8.99. The largest absolute Gasteiger partial charge is 0.314 e. The van der Waals surface area contributed by atoms with Gasteiger partial charge < -0.3 is 5.32 Å². The lowest BCUT2D eigenvalue weighted by Gasteiger charge is -2.01. The second-order valence-electron chi connectivity index (χ2n) is 3.01. The summed E-state index contributed by atoms with van der Waals surface area (Å²) >= 11 is 1.44. The zero-order chi connectivity index (χ0) is 11.4. The molecule has 0 aliphatic carbocycles. The number of carbonyl (C=O) groups is 1. The first-order valence-corrected chi connectivity index (χ1v) is 5.37. The Kier molecular flexibility index (Phi) is 2.94. The van der Waals surface area contributed by atoms with E-state index in [0.29, 0.717) is 11.1 Å². The highest BCUT2D eigenvalue weighted by molar-refractivity contribution is 7.14. The van der Waals surface area contributed by atoms with E-state index < -0.39 is 0 Å². The van der Waals surface area contributed by atoms with Crippen LogP contribution in [0, 0.1) is 11.3 Å². The predicted molar refractivity (Wildman–Crippen MR) is 61.2 cm³/mol. The Morgan fingerprint density at radius 2 is 2.38 bits per heavy atom. The minimum atomic E-state index is -0.257. The maximum atomic E-state index is 11.7. The van der Waals surface area contributed by atoms with Gasteiger partial charge in [-0.25, -0.2) is 0 Å². The normalized spacial score (nSPS) is 9.44. The number of carbonyl (C=O) groups excluding carboxylic acids is 1. The van der Waals surface area contributed by atoms with Crippen LogP contribution in [-0.2, 0) is 0 Å². The molecule has 2 rings (SSSR count). The molecule has 2 aromatic heterocycles. The van der Waals surface area contributed by atoms with Gasteiger partial charge in [0, 0.05) is 12.4 Å². The maximum Gasteiger partial charge on any atom is 0.257 e. The van der Waals surface area contributed by atoms with Crippen LogP contribution in [0.4, 0.5) is 5.00 Å². The van der Waals surface area contributed by atoms with Gasteiger partial charge in [0.25, 0.3) is 5.91 Å². The van der Waals surface area contributed by atoms with E-state index in [9.17, 15) is 4.79 Å². The van der Waals surface area contributed by atoms with Gasteiger partial charge in [-0.3, -0.25) is 9.78 Å². The van der Waals surface area contributed by atoms with Crippen molar-refractivity contribution < 1.29 is 4.79 Å². The fourth-order valence-electron chi connectivity index (χ4n) is 1.16. The Balaban J connectivity index is 2.18. The quantitative estimate of drug-likeness (QED) is 0.859. The predicted octanol–water partition coefficient (Wildman–Crippen LogP) is 2.27. The number of rotatable bonds is 2. The van der Waals surface area contributed by atoms with Gasteiger partial charge in [-0.15, -0.1) is 11.3 Å². The fraction of sp³-hybridized carbons (Fsp3) is 0. The van der Waals surface area contributed by atoms with Crippen LogP contribution in [0.5, 0.6) is 0 Å². The van der Waals surface area contributed by atoms with Gasteiger partial charge >= 0.3 is 0 Å². The topological polar surface area (TPSA) is 65.8 Å². The van der Waals surface area contributed by atoms with E-state index in [4.69, 9.17) is 5.26 Å². The van der Waals surface area contributed by atoms with Crippen molar-refractivity contribution in [3.8, 4) is 6.07 Å². The number of anilines is 1. The van der Waals surface area contributed by atoms with E-state index in [1.165, 1.54) is 29.8 Å². The summed E-state index contributed by atoms with van der Waals surface area (Å²) in [5, 5.41) is 14.0. The Morgan fingerprint density at radius 3 is 3.06 bits per heavy atom. The molecule has 0 saturated carbocycles. The summed E-state index contributed by atoms with van der Waals surface area (Å²) in [4.78, 5) is 15.6. The van der Waals surface area contributed by atoms with Crippen LogP contribution >= 0.6 is 11.3 Å². The van der Waals surface area contributed by atoms with Crippen LogP contribution in [0.3, 0.4) is 0 Å². The summed E-state index contributed by atoms with van der Waals surface area (Å²) in [7, 11) is 0. The second-order valence-corrected chi connectivity index (χ2v) is 3.95. The summed E-state index contributed by atoms with van der Waals surface area (Å²) < 4.78 is 0. The molecular formula is C11H7N3OS. The molecular weight excluding hydrogens is 222 g/mol. The number of nitrogens with one attached hydrogen (secondary N) is 1. The zero-order valence-electron chi connectivity index (χ0n) is 8.18. The van der Waals surface area contributed by atoms with Crippen molar-refractivity contribution >= 4 is 22.2 Å². The highest BCUT2D eigenvalue weighted by atomic mass is 32.1. The number of nitriles is 1. The molecule has 16 heavy (non-hydrogen) atoms. The van der Waals surface area contributed by atoms with Crippen molar-refractivity contribution in [3.63, 3.8) is 0 Å². The monoisotopic (exact) mass is 229 g/mol. The van der Waals surface area contributed by atoms with Gasteiger partial charge in [0.15, 0.2) is 0 Å². The highest BCUT2D eigenvalue weighted by Gasteiger charge is 2.07. The van der Waals surface area contributed by atoms with E-state index in [1.807, 2.05) is 23.6 Å². The van der Waals surface area contributed by atoms with Crippen LogP contribution in [0.2, 0.25) is 0 Å². The van der Waals surface area contributed by atoms with Gasteiger partial charge in [-0.1, -0.05) is 0 Å². The smallest absolute Gasteiger partial charge is 0.257 e. The molecule has 4 nitrogen and oxygen atoms in total. The summed E-state index contributed by atoms with van der Waals surface area (Å²) in [6, 6.07) is 7.11. The Hall–Kier alpha value is -2.19. The van der Waals surface area contributed by atoms with Crippen molar-refractivity contribution in [2.24, 2.45) is 0 Å². The first-order chi connectivity index (χ1) is 7.79. The molecule has 1 N–H and O–H groups in total. The van der Waals surface area contributed by atoms with E-state index in [2.05, 4.69) is 10.3 Å². The first kappa shape index (κ1) is 10.3. The molecule has 0 aliphatic heterocycles. The number of hydrogen-bond acceptors (Lipinski definition) is 4. The van der Waals surface area contributed by atoms with E-state index in [1.54, 1.807) is 0 Å². The molecule has 0 saturated heterocycles. The Morgan fingerprint density at radius 1 is 1.50 bits per heavy atom.